The van der Waals surface area contributed by atoms with E-state index in [4.69, 9.17) is 13.9 Å². The molecule has 1 amide bonds. The fourth-order valence-electron chi connectivity index (χ4n) is 5.68. The summed E-state index contributed by atoms with van der Waals surface area (Å²) in [6.45, 7) is 23.4. The summed E-state index contributed by atoms with van der Waals surface area (Å²) >= 11 is 0. The highest BCUT2D eigenvalue weighted by atomic mass is 28.4. The first-order valence-electron chi connectivity index (χ1n) is 17.6. The third-order valence-electron chi connectivity index (χ3n) is 9.55. The average Bonchev–Trinajstić information content (AvgIpc) is 3.02. The maximum atomic E-state index is 14.2. The van der Waals surface area contributed by atoms with Crippen LogP contribution in [-0.4, -0.2) is 80.2 Å². The van der Waals surface area contributed by atoms with E-state index in [0.29, 0.717) is 6.42 Å². The van der Waals surface area contributed by atoms with Crippen molar-refractivity contribution < 1.29 is 33.0 Å². The molecule has 1 rings (SSSR count). The SMILES string of the molecule is COC(=O)CNC(=O)/C=C\CC(O[Si](C)(C)C(C)(C)C)C(C(=O)/C=C(C)/C=C/[C@H](C)[C@H](OC)[C@H](C)[C@H](/C=C/c1ccccc1)OC)[Si](C)(C)C. The van der Waals surface area contributed by atoms with E-state index in [9.17, 15) is 14.4 Å². The average molecular weight is 728 g/mol. The lowest BCUT2D eigenvalue weighted by Crippen LogP contribution is -2.50. The molecule has 0 aliphatic carbocycles. The summed E-state index contributed by atoms with van der Waals surface area (Å²) in [5.74, 6) is -0.776. The Bertz CT molecular complexity index is 1340. The highest BCUT2D eigenvalue weighted by Gasteiger charge is 2.45. The minimum Gasteiger partial charge on any atom is -0.468 e. The quantitative estimate of drug-likeness (QED) is 0.0623. The number of hydrogen-bond donors (Lipinski definition) is 1. The zero-order chi connectivity index (χ0) is 38.3. The number of allylic oxidation sites excluding steroid dienone is 3. The fourth-order valence-corrected chi connectivity index (χ4v) is 9.42. The van der Waals surface area contributed by atoms with E-state index >= 15 is 0 Å². The van der Waals surface area contributed by atoms with Crippen LogP contribution in [0.3, 0.4) is 0 Å². The molecule has 0 aromatic heterocycles. The van der Waals surface area contributed by atoms with Gasteiger partial charge in [-0.1, -0.05) is 115 Å². The molecule has 0 saturated carbocycles. The second-order valence-corrected chi connectivity index (χ2v) is 25.8. The van der Waals surface area contributed by atoms with Crippen molar-refractivity contribution in [1.82, 2.24) is 5.32 Å². The van der Waals surface area contributed by atoms with Crippen LogP contribution >= 0.6 is 0 Å². The van der Waals surface area contributed by atoms with Crippen LogP contribution < -0.4 is 5.32 Å². The topological polar surface area (TPSA) is 100 Å². The lowest BCUT2D eigenvalue weighted by atomic mass is 9.88. The van der Waals surface area contributed by atoms with Crippen molar-refractivity contribution in [3.63, 3.8) is 0 Å². The van der Waals surface area contributed by atoms with Gasteiger partial charge < -0.3 is 24.0 Å². The Morgan fingerprint density at radius 3 is 2.04 bits per heavy atom. The molecular weight excluding hydrogens is 663 g/mol. The lowest BCUT2D eigenvalue weighted by molar-refractivity contribution is -0.140. The van der Waals surface area contributed by atoms with Crippen LogP contribution in [-0.2, 0) is 33.0 Å². The number of nitrogens with one attached hydrogen (secondary N) is 1. The number of benzene rings is 1. The maximum absolute atomic E-state index is 14.2. The van der Waals surface area contributed by atoms with E-state index in [1.165, 1.54) is 13.2 Å². The van der Waals surface area contributed by atoms with Crippen molar-refractivity contribution in [3.05, 3.63) is 77.9 Å². The molecule has 6 atom stereocenters. The van der Waals surface area contributed by atoms with Crippen molar-refractivity contribution in [3.8, 4) is 0 Å². The van der Waals surface area contributed by atoms with Gasteiger partial charge in [0.15, 0.2) is 14.1 Å². The number of amides is 1. The Morgan fingerprint density at radius 2 is 1.52 bits per heavy atom. The second kappa shape index (κ2) is 20.8. The summed E-state index contributed by atoms with van der Waals surface area (Å²) in [5.41, 5.74) is 1.62. The van der Waals surface area contributed by atoms with Crippen molar-refractivity contribution in [1.29, 1.82) is 0 Å². The van der Waals surface area contributed by atoms with E-state index in [1.807, 2.05) is 31.2 Å². The highest BCUT2D eigenvalue weighted by Crippen LogP contribution is 2.41. The Hall–Kier alpha value is -2.90. The monoisotopic (exact) mass is 727 g/mol. The molecule has 0 radical (unpaired) electrons. The first-order valence-corrected chi connectivity index (χ1v) is 24.0. The van der Waals surface area contributed by atoms with Crippen LogP contribution in [0, 0.1) is 11.8 Å². The van der Waals surface area contributed by atoms with Crippen LogP contribution in [0.5, 0.6) is 0 Å². The van der Waals surface area contributed by atoms with Gasteiger partial charge in [-0.15, -0.1) is 0 Å². The van der Waals surface area contributed by atoms with Crippen LogP contribution in [0.4, 0.5) is 0 Å². The summed E-state index contributed by atoms with van der Waals surface area (Å²) in [7, 11) is 0.282. The number of methoxy groups -OCH3 is 3. The third kappa shape index (κ3) is 15.1. The van der Waals surface area contributed by atoms with Gasteiger partial charge in [0.1, 0.15) is 6.54 Å². The fraction of sp³-hybridized carbons (Fsp3) is 0.575. The summed E-state index contributed by atoms with van der Waals surface area (Å²) in [4.78, 5) is 38.0. The molecule has 0 fully saturated rings. The molecule has 0 saturated heterocycles. The predicted octanol–water partition coefficient (Wildman–Crippen LogP) is 8.41. The van der Waals surface area contributed by atoms with Crippen LogP contribution in [0.25, 0.3) is 6.08 Å². The smallest absolute Gasteiger partial charge is 0.325 e. The van der Waals surface area contributed by atoms with E-state index < -0.39 is 34.4 Å². The first-order chi connectivity index (χ1) is 23.2. The van der Waals surface area contributed by atoms with Gasteiger partial charge in [0.25, 0.3) is 0 Å². The minimum absolute atomic E-state index is 0.0355. The van der Waals surface area contributed by atoms with Crippen LogP contribution in [0.15, 0.2) is 72.4 Å². The van der Waals surface area contributed by atoms with Crippen molar-refractivity contribution in [2.75, 3.05) is 27.9 Å². The van der Waals surface area contributed by atoms with Gasteiger partial charge in [-0.25, -0.2) is 0 Å². The van der Waals surface area contributed by atoms with E-state index in [0.717, 1.165) is 11.1 Å². The normalized spacial score (nSPS) is 17.0. The van der Waals surface area contributed by atoms with Gasteiger partial charge in [0, 0.05) is 31.6 Å². The largest absolute Gasteiger partial charge is 0.468 e. The number of carbonyl (C=O) groups is 3. The molecule has 8 nitrogen and oxygen atoms in total. The van der Waals surface area contributed by atoms with Gasteiger partial charge >= 0.3 is 5.97 Å². The molecule has 0 bridgehead atoms. The maximum Gasteiger partial charge on any atom is 0.325 e. The second-order valence-electron chi connectivity index (χ2n) is 15.7. The summed E-state index contributed by atoms with van der Waals surface area (Å²) in [6, 6.07) is 10.1. The van der Waals surface area contributed by atoms with E-state index in [2.05, 4.69) is 108 Å². The summed E-state index contributed by atoms with van der Waals surface area (Å²) < 4.78 is 23.4. The molecular formula is C40H65NO7Si2. The zero-order valence-corrected chi connectivity index (χ0v) is 35.2. The Kier molecular flexibility index (Phi) is 18.8. The zero-order valence-electron chi connectivity index (χ0n) is 33.2. The number of ketones is 1. The Balaban J connectivity index is 3.29. The van der Waals surface area contributed by atoms with Gasteiger partial charge in [-0.05, 0) is 54.8 Å². The van der Waals surface area contributed by atoms with E-state index in [1.54, 1.807) is 26.4 Å². The third-order valence-corrected chi connectivity index (χ3v) is 16.6. The summed E-state index contributed by atoms with van der Waals surface area (Å²) in [5, 5.41) is 2.45. The Labute approximate surface area is 304 Å². The molecule has 1 aromatic carbocycles. The highest BCUT2D eigenvalue weighted by molar-refractivity contribution is 6.81. The molecule has 1 aromatic rings. The number of ether oxygens (including phenoxy) is 3. The van der Waals surface area contributed by atoms with Gasteiger partial charge in [0.05, 0.1) is 33.5 Å². The predicted molar refractivity (Wildman–Crippen MR) is 211 cm³/mol. The molecule has 0 heterocycles. The van der Waals surface area contributed by atoms with Crippen LogP contribution in [0.2, 0.25) is 43.3 Å². The summed E-state index contributed by atoms with van der Waals surface area (Å²) in [6.07, 6.45) is 12.9. The molecule has 0 aliphatic rings. The molecule has 2 unspecified atom stereocenters. The van der Waals surface area contributed by atoms with E-state index in [-0.39, 0.29) is 47.0 Å². The van der Waals surface area contributed by atoms with Gasteiger partial charge in [-0.2, -0.15) is 0 Å². The molecule has 10 heteroatoms. The molecule has 50 heavy (non-hydrogen) atoms. The minimum atomic E-state index is -2.29. The van der Waals surface area contributed by atoms with Crippen molar-refractivity contribution in [2.24, 2.45) is 11.8 Å². The number of esters is 1. The van der Waals surface area contributed by atoms with Gasteiger partial charge in [-0.3, -0.25) is 14.4 Å². The standard InChI is InChI=1S/C40H65NO7Si2/c1-29(23-24-30(2)38(47-9)31(3)34(45-7)26-25-32-19-16-15-17-20-32)27-33(42)39(49(10,11)12)35(48-50(13,14)40(4,5)6)21-18-22-36(43)41-28-37(44)46-8/h15-20,22-27,30-31,34-35,38-39H,21,28H2,1-14H3,(H,41,43)/b22-18-,24-23+,26-25+,29-27+/t30-,31+,34-,35?,38-,39?/m0/s1. The molecule has 0 spiro atoms. The number of rotatable bonds is 20. The molecule has 1 N–H and O–H groups in total. The van der Waals surface area contributed by atoms with Gasteiger partial charge in [0.2, 0.25) is 5.91 Å². The molecule has 0 aliphatic heterocycles. The van der Waals surface area contributed by atoms with Crippen LogP contribution in [0.1, 0.15) is 53.5 Å². The molecule has 280 valence electrons. The van der Waals surface area contributed by atoms with Crippen molar-refractivity contribution >= 4 is 40.1 Å². The Morgan fingerprint density at radius 1 is 0.900 bits per heavy atom. The lowest BCUT2D eigenvalue weighted by Gasteiger charge is -2.43. The number of carbonyl (C=O) groups excluding carboxylic acids is 3. The first kappa shape index (κ1) is 45.1. The number of hydrogen-bond acceptors (Lipinski definition) is 7. The van der Waals surface area contributed by atoms with Crippen molar-refractivity contribution in [2.45, 2.75) is 110 Å².